The van der Waals surface area contributed by atoms with Gasteiger partial charge in [0.1, 0.15) is 20.8 Å². The molecule has 2 aromatic heterocycles. The Morgan fingerprint density at radius 2 is 1.23 bits per heavy atom. The maximum absolute atomic E-state index is 10.8. The number of hydrogen-bond acceptors (Lipinski definition) is 8. The third-order valence-electron chi connectivity index (χ3n) is 3.11. The third-order valence-corrected chi connectivity index (χ3v) is 7.88. The molecule has 0 radical (unpaired) electrons. The minimum absolute atomic E-state index is 0.0820. The van der Waals surface area contributed by atoms with Crippen molar-refractivity contribution in [3.63, 3.8) is 0 Å². The van der Waals surface area contributed by atoms with Crippen LogP contribution in [0.25, 0.3) is 0 Å². The molecule has 0 aliphatic carbocycles. The molecule has 2 aliphatic rings. The van der Waals surface area contributed by atoms with E-state index in [0.717, 1.165) is 32.4 Å². The molecule has 22 heavy (non-hydrogen) atoms. The van der Waals surface area contributed by atoms with E-state index in [-0.39, 0.29) is 10.7 Å². The van der Waals surface area contributed by atoms with Crippen molar-refractivity contribution in [2.45, 2.75) is 10.7 Å². The Morgan fingerprint density at radius 1 is 0.773 bits per heavy atom. The predicted octanol–water partition coefficient (Wildman–Crippen LogP) is 3.77. The van der Waals surface area contributed by atoms with Gasteiger partial charge in [-0.3, -0.25) is 19.6 Å². The van der Waals surface area contributed by atoms with Gasteiger partial charge in [0.2, 0.25) is 0 Å². The largest absolute Gasteiger partial charge is 0.297 e. The van der Waals surface area contributed by atoms with Gasteiger partial charge in [-0.2, -0.15) is 0 Å². The van der Waals surface area contributed by atoms with Gasteiger partial charge in [-0.05, 0) is 24.3 Å². The molecular formula is C14H8N2O2S4. The molecule has 4 nitrogen and oxygen atoms in total. The Morgan fingerprint density at radius 3 is 1.59 bits per heavy atom. The molecule has 0 saturated carbocycles. The molecule has 110 valence electrons. The highest BCUT2D eigenvalue weighted by Gasteiger charge is 2.38. The molecule has 0 fully saturated rings. The lowest BCUT2D eigenvalue weighted by molar-refractivity contribution is 0.111. The minimum atomic E-state index is 0.0820. The lowest BCUT2D eigenvalue weighted by Gasteiger charge is -1.99. The van der Waals surface area contributed by atoms with Gasteiger partial charge in [-0.25, -0.2) is 0 Å². The first kappa shape index (κ1) is 14.4. The molecule has 2 unspecified atom stereocenters. The Labute approximate surface area is 142 Å². The molecule has 2 atom stereocenters. The molecule has 8 heteroatoms. The summed E-state index contributed by atoms with van der Waals surface area (Å²) >= 11 is 6.20. The zero-order valence-corrected chi connectivity index (χ0v) is 14.2. The molecule has 0 spiro atoms. The first-order valence-electron chi connectivity index (χ1n) is 6.36. The second-order valence-electron chi connectivity index (χ2n) is 4.53. The number of hydrogen-bond donors (Lipinski definition) is 0. The Kier molecular flexibility index (Phi) is 3.77. The second-order valence-corrected chi connectivity index (χ2v) is 8.97. The molecule has 4 rings (SSSR count). The molecule has 2 aromatic rings. The fraction of sp³-hybridized carbons (Fsp3) is 0.143. The zero-order valence-electron chi connectivity index (χ0n) is 11.0. The van der Waals surface area contributed by atoms with Gasteiger partial charge in [-0.1, -0.05) is 23.5 Å². The lowest BCUT2D eigenvalue weighted by Crippen LogP contribution is -2.03. The van der Waals surface area contributed by atoms with Crippen LogP contribution in [0.5, 0.6) is 0 Å². The van der Waals surface area contributed by atoms with Crippen molar-refractivity contribution in [3.05, 3.63) is 43.8 Å². The summed E-state index contributed by atoms with van der Waals surface area (Å²) in [5, 5.41) is 2.09. The van der Waals surface area contributed by atoms with Crippen LogP contribution in [0, 0.1) is 0 Å². The van der Waals surface area contributed by atoms with Gasteiger partial charge >= 0.3 is 0 Å². The van der Waals surface area contributed by atoms with Crippen LogP contribution in [0.4, 0.5) is 0 Å². The highest BCUT2D eigenvalue weighted by Crippen LogP contribution is 2.44. The maximum Gasteiger partial charge on any atom is 0.160 e. The normalized spacial score (nSPS) is 23.1. The average molecular weight is 364 g/mol. The lowest BCUT2D eigenvalue weighted by atomic mass is 10.4. The second kappa shape index (κ2) is 5.77. The van der Waals surface area contributed by atoms with Gasteiger partial charge in [0.15, 0.2) is 12.6 Å². The van der Waals surface area contributed by atoms with Gasteiger partial charge in [-0.15, -0.1) is 22.7 Å². The average Bonchev–Trinajstić information content (AvgIpc) is 3.27. The van der Waals surface area contributed by atoms with Gasteiger partial charge in [0, 0.05) is 0 Å². The molecule has 4 heterocycles. The summed E-state index contributed by atoms with van der Waals surface area (Å²) in [4.78, 5) is 34.5. The van der Waals surface area contributed by atoms with E-state index in [1.165, 1.54) is 22.7 Å². The van der Waals surface area contributed by atoms with Crippen molar-refractivity contribution in [3.8, 4) is 0 Å². The summed E-state index contributed by atoms with van der Waals surface area (Å²) in [5.74, 6) is 0. The van der Waals surface area contributed by atoms with E-state index in [1.54, 1.807) is 23.5 Å². The number of nitrogens with zero attached hydrogens (tertiary/aromatic N) is 2. The number of aliphatic imine (C=N–C) groups is 2. The van der Waals surface area contributed by atoms with Crippen LogP contribution in [0.15, 0.2) is 34.3 Å². The molecule has 0 bridgehead atoms. The Hall–Kier alpha value is -1.22. The first-order chi connectivity index (χ1) is 10.8. The van der Waals surface area contributed by atoms with Crippen molar-refractivity contribution < 1.29 is 9.59 Å². The van der Waals surface area contributed by atoms with Crippen LogP contribution in [0.2, 0.25) is 0 Å². The third kappa shape index (κ3) is 2.50. The number of thiophene rings is 2. The number of fused-ring (bicyclic) bond motifs is 1. The summed E-state index contributed by atoms with van der Waals surface area (Å²) in [6, 6.07) is 7.51. The van der Waals surface area contributed by atoms with E-state index in [0.29, 0.717) is 9.75 Å². The summed E-state index contributed by atoms with van der Waals surface area (Å²) in [7, 11) is 0. The minimum Gasteiger partial charge on any atom is -0.297 e. The maximum atomic E-state index is 10.8. The topological polar surface area (TPSA) is 58.9 Å². The van der Waals surface area contributed by atoms with E-state index in [9.17, 15) is 9.59 Å². The number of aldehydes is 2. The van der Waals surface area contributed by atoms with Crippen LogP contribution >= 0.6 is 46.2 Å². The van der Waals surface area contributed by atoms with E-state index in [2.05, 4.69) is 0 Å². The van der Waals surface area contributed by atoms with E-state index in [4.69, 9.17) is 9.98 Å². The van der Waals surface area contributed by atoms with Crippen molar-refractivity contribution >= 4 is 68.9 Å². The summed E-state index contributed by atoms with van der Waals surface area (Å²) in [6.45, 7) is 0. The van der Waals surface area contributed by atoms with Crippen molar-refractivity contribution in [1.29, 1.82) is 0 Å². The molecule has 2 aliphatic heterocycles. The number of carbonyl (C=O) groups is 2. The summed E-state index contributed by atoms with van der Waals surface area (Å²) in [5.41, 5.74) is 0. The summed E-state index contributed by atoms with van der Waals surface area (Å²) < 4.78 is 0. The molecule has 0 saturated heterocycles. The molecular weight excluding hydrogens is 356 g/mol. The molecule has 0 amide bonds. The Balaban J connectivity index is 1.52. The number of thioether (sulfide) groups is 2. The van der Waals surface area contributed by atoms with Crippen LogP contribution in [-0.2, 0) is 0 Å². The highest BCUT2D eigenvalue weighted by molar-refractivity contribution is 8.20. The Bertz CT molecular complexity index is 752. The highest BCUT2D eigenvalue weighted by atomic mass is 32.2. The van der Waals surface area contributed by atoms with E-state index >= 15 is 0 Å². The van der Waals surface area contributed by atoms with Gasteiger partial charge in [0.05, 0.1) is 19.5 Å². The van der Waals surface area contributed by atoms with Crippen molar-refractivity contribution in [1.82, 2.24) is 0 Å². The standard InChI is InChI=1S/C14H8N2O2S4/c17-5-7-1-3-9(19-7)11-15-13-14(21-11)16-12(22-13)10-4-2-8(6-18)20-10/h1-6,13-14H. The smallest absolute Gasteiger partial charge is 0.160 e. The van der Waals surface area contributed by atoms with Crippen molar-refractivity contribution in [2.75, 3.05) is 0 Å². The van der Waals surface area contributed by atoms with Crippen molar-refractivity contribution in [2.24, 2.45) is 9.98 Å². The van der Waals surface area contributed by atoms with Crippen LogP contribution in [0.1, 0.15) is 29.1 Å². The van der Waals surface area contributed by atoms with Crippen LogP contribution in [-0.4, -0.2) is 33.4 Å². The SMILES string of the molecule is O=Cc1ccc(C2=NC3SC(c4ccc(C=O)s4)=NC3S2)s1. The monoisotopic (exact) mass is 364 g/mol. The zero-order chi connectivity index (χ0) is 15.1. The molecule has 0 aromatic carbocycles. The van der Waals surface area contributed by atoms with Crippen LogP contribution < -0.4 is 0 Å². The fourth-order valence-electron chi connectivity index (χ4n) is 2.12. The predicted molar refractivity (Wildman–Crippen MR) is 95.2 cm³/mol. The number of rotatable bonds is 4. The summed E-state index contributed by atoms with van der Waals surface area (Å²) in [6.07, 6.45) is 1.73. The van der Waals surface area contributed by atoms with E-state index in [1.807, 2.05) is 24.3 Å². The van der Waals surface area contributed by atoms with Gasteiger partial charge in [0.25, 0.3) is 0 Å². The number of carbonyl (C=O) groups excluding carboxylic acids is 2. The fourth-order valence-corrected chi connectivity index (χ4v) is 6.40. The van der Waals surface area contributed by atoms with Gasteiger partial charge < -0.3 is 0 Å². The molecule has 0 N–H and O–H groups in total. The first-order valence-corrected chi connectivity index (χ1v) is 9.76. The van der Waals surface area contributed by atoms with Crippen LogP contribution in [0.3, 0.4) is 0 Å². The quantitative estimate of drug-likeness (QED) is 0.775. The van der Waals surface area contributed by atoms with E-state index < -0.39 is 0 Å².